The van der Waals surface area contributed by atoms with E-state index in [9.17, 15) is 33.9 Å². The summed E-state index contributed by atoms with van der Waals surface area (Å²) in [6.45, 7) is 0.118. The predicted molar refractivity (Wildman–Crippen MR) is 129 cm³/mol. The maximum atomic E-state index is 12.8. The molecule has 0 aliphatic rings. The number of carboxylic acid groups (broad SMARTS) is 3. The Hall–Kier alpha value is -3.60. The summed E-state index contributed by atoms with van der Waals surface area (Å²) in [7, 11) is 0. The molecule has 0 radical (unpaired) electrons. The maximum Gasteiger partial charge on any atom is 0.326 e. The highest BCUT2D eigenvalue weighted by Crippen LogP contribution is 2.04. The zero-order valence-corrected chi connectivity index (χ0v) is 20.3. The van der Waals surface area contributed by atoms with E-state index in [0.29, 0.717) is 0 Å². The zero-order chi connectivity index (χ0) is 27.8. The van der Waals surface area contributed by atoms with Crippen molar-refractivity contribution in [2.45, 2.75) is 62.7 Å². The number of rotatable bonds is 18. The van der Waals surface area contributed by atoms with Crippen molar-refractivity contribution in [2.75, 3.05) is 12.3 Å². The van der Waals surface area contributed by atoms with Gasteiger partial charge in [-0.05, 0) is 25.7 Å². The van der Waals surface area contributed by atoms with Crippen LogP contribution in [0.4, 0.5) is 0 Å². The van der Waals surface area contributed by atoms with Gasteiger partial charge < -0.3 is 48.5 Å². The van der Waals surface area contributed by atoms with E-state index in [1.807, 2.05) is 0 Å². The number of hydrogen-bond donors (Lipinski definition) is 10. The Labute approximate surface area is 211 Å². The number of carboxylic acids is 3. The van der Waals surface area contributed by atoms with Gasteiger partial charge in [-0.15, -0.1) is 0 Å². The molecule has 17 heteroatoms. The minimum atomic E-state index is -1.52. The van der Waals surface area contributed by atoms with Crippen molar-refractivity contribution in [1.29, 1.82) is 0 Å². The van der Waals surface area contributed by atoms with Gasteiger partial charge in [-0.25, -0.2) is 4.79 Å². The number of hydrogen-bond acceptors (Lipinski definition) is 9. The Bertz CT molecular complexity index is 836. The molecule has 0 aromatic rings. The second-order valence-corrected chi connectivity index (χ2v) is 7.99. The van der Waals surface area contributed by atoms with Crippen LogP contribution in [0.25, 0.3) is 0 Å². The Kier molecular flexibility index (Phi) is 15.2. The van der Waals surface area contributed by atoms with Crippen molar-refractivity contribution >= 4 is 54.2 Å². The van der Waals surface area contributed by atoms with Crippen LogP contribution in [-0.4, -0.2) is 93.4 Å². The fourth-order valence-electron chi connectivity index (χ4n) is 2.73. The highest BCUT2D eigenvalue weighted by molar-refractivity contribution is 7.80. The molecule has 4 unspecified atom stereocenters. The van der Waals surface area contributed by atoms with Crippen molar-refractivity contribution in [3.05, 3.63) is 0 Å². The van der Waals surface area contributed by atoms with Crippen molar-refractivity contribution in [1.82, 2.24) is 16.0 Å². The lowest BCUT2D eigenvalue weighted by molar-refractivity contribution is -0.143. The van der Waals surface area contributed by atoms with E-state index in [2.05, 4.69) is 33.6 Å². The number of carbonyl (C=O) groups excluding carboxylic acids is 3. The number of aliphatic carboxylic acids is 3. The van der Waals surface area contributed by atoms with Gasteiger partial charge in [0.15, 0.2) is 5.96 Å². The molecule has 36 heavy (non-hydrogen) atoms. The number of carbonyl (C=O) groups is 6. The molecule has 3 amide bonds. The standard InChI is InChI=1S/C19H33N7O9S/c20-9(3-5-13(27)28)15(31)24-10(2-1-7-23-19(21)22)16(32)26-12(8-36)17(33)25-11(18(34)35)4-6-14(29)30/h9-12,36H,1-8,20H2,(H,24,31)(H,25,33)(H,26,32)(H,27,28)(H,29,30)(H,34,35)(H4,21,22,23). The summed E-state index contributed by atoms with van der Waals surface area (Å²) in [5, 5.41) is 33.6. The molecule has 0 spiro atoms. The Morgan fingerprint density at radius 3 is 1.75 bits per heavy atom. The smallest absolute Gasteiger partial charge is 0.326 e. The molecule has 0 saturated heterocycles. The second-order valence-electron chi connectivity index (χ2n) is 7.62. The van der Waals surface area contributed by atoms with Gasteiger partial charge in [0.1, 0.15) is 18.1 Å². The molecular formula is C19H33N7O9S. The van der Waals surface area contributed by atoms with Crippen LogP contribution in [0.5, 0.6) is 0 Å². The number of nitrogens with one attached hydrogen (secondary N) is 3. The highest BCUT2D eigenvalue weighted by atomic mass is 32.1. The first kappa shape index (κ1) is 32.4. The first-order valence-electron chi connectivity index (χ1n) is 10.8. The monoisotopic (exact) mass is 535 g/mol. The van der Waals surface area contributed by atoms with Gasteiger partial charge in [0, 0.05) is 25.1 Å². The molecule has 0 aromatic carbocycles. The third-order valence-electron chi connectivity index (χ3n) is 4.66. The van der Waals surface area contributed by atoms with E-state index in [0.717, 1.165) is 0 Å². The predicted octanol–water partition coefficient (Wildman–Crippen LogP) is -3.43. The highest BCUT2D eigenvalue weighted by Gasteiger charge is 2.30. The van der Waals surface area contributed by atoms with Crippen molar-refractivity contribution < 1.29 is 44.1 Å². The van der Waals surface area contributed by atoms with Gasteiger partial charge in [0.2, 0.25) is 17.7 Å². The average molecular weight is 536 g/mol. The summed E-state index contributed by atoms with van der Waals surface area (Å²) in [6, 6.07) is -5.29. The Balaban J connectivity index is 5.37. The van der Waals surface area contributed by atoms with Gasteiger partial charge >= 0.3 is 17.9 Å². The first-order chi connectivity index (χ1) is 16.8. The normalized spacial score (nSPS) is 13.8. The lowest BCUT2D eigenvalue weighted by Crippen LogP contribution is -2.57. The topological polar surface area (TPSA) is 290 Å². The summed E-state index contributed by atoms with van der Waals surface area (Å²) >= 11 is 3.99. The number of aliphatic imine (C=N–C) groups is 1. The quantitative estimate of drug-likeness (QED) is 0.0355. The molecule has 4 atom stereocenters. The number of amides is 3. The Morgan fingerprint density at radius 2 is 1.25 bits per heavy atom. The fraction of sp³-hybridized carbons (Fsp3) is 0.632. The van der Waals surface area contributed by atoms with Gasteiger partial charge in [-0.2, -0.15) is 12.6 Å². The summed E-state index contributed by atoms with van der Waals surface area (Å²) in [5.74, 6) is -6.87. The lowest BCUT2D eigenvalue weighted by atomic mass is 10.1. The molecule has 0 aromatic heterocycles. The number of nitrogens with zero attached hydrogens (tertiary/aromatic N) is 1. The molecule has 0 aliphatic carbocycles. The molecule has 0 rings (SSSR count). The van der Waals surface area contributed by atoms with Crippen molar-refractivity contribution in [3.63, 3.8) is 0 Å². The molecule has 0 saturated carbocycles. The van der Waals surface area contributed by atoms with Crippen LogP contribution in [-0.2, 0) is 28.8 Å². The Morgan fingerprint density at radius 1 is 0.750 bits per heavy atom. The molecule has 0 heterocycles. The minimum absolute atomic E-state index is 0.0112. The molecule has 204 valence electrons. The van der Waals surface area contributed by atoms with Gasteiger partial charge in [0.25, 0.3) is 0 Å². The van der Waals surface area contributed by atoms with E-state index in [1.54, 1.807) is 0 Å². The zero-order valence-electron chi connectivity index (χ0n) is 19.4. The molecule has 0 bridgehead atoms. The maximum absolute atomic E-state index is 12.8. The number of nitrogens with two attached hydrogens (primary N) is 3. The molecule has 16 nitrogen and oxygen atoms in total. The summed E-state index contributed by atoms with van der Waals surface area (Å²) in [5.41, 5.74) is 16.2. The van der Waals surface area contributed by atoms with Gasteiger partial charge in [-0.3, -0.25) is 29.0 Å². The van der Waals surface area contributed by atoms with Crippen LogP contribution in [0.1, 0.15) is 38.5 Å². The fourth-order valence-corrected chi connectivity index (χ4v) is 2.98. The number of guanidine groups is 1. The summed E-state index contributed by atoms with van der Waals surface area (Å²) < 4.78 is 0. The summed E-state index contributed by atoms with van der Waals surface area (Å²) in [4.78, 5) is 74.2. The van der Waals surface area contributed by atoms with Crippen LogP contribution in [0.3, 0.4) is 0 Å². The second kappa shape index (κ2) is 16.9. The SMILES string of the molecule is NC(N)=NCCCC(NC(=O)C(N)CCC(=O)O)C(=O)NC(CS)C(=O)NC(CCC(=O)O)C(=O)O. The minimum Gasteiger partial charge on any atom is -0.481 e. The largest absolute Gasteiger partial charge is 0.481 e. The van der Waals surface area contributed by atoms with Gasteiger partial charge in [-0.1, -0.05) is 0 Å². The molecular weight excluding hydrogens is 502 g/mol. The van der Waals surface area contributed by atoms with E-state index < -0.39 is 66.2 Å². The van der Waals surface area contributed by atoms with Crippen LogP contribution < -0.4 is 33.2 Å². The molecule has 0 aliphatic heterocycles. The van der Waals surface area contributed by atoms with Crippen molar-refractivity contribution in [2.24, 2.45) is 22.2 Å². The third-order valence-corrected chi connectivity index (χ3v) is 5.03. The van der Waals surface area contributed by atoms with Crippen LogP contribution in [0.2, 0.25) is 0 Å². The van der Waals surface area contributed by atoms with Crippen LogP contribution in [0, 0.1) is 0 Å². The van der Waals surface area contributed by atoms with E-state index in [4.69, 9.17) is 27.4 Å². The molecule has 0 fully saturated rings. The lowest BCUT2D eigenvalue weighted by Gasteiger charge is -2.24. The average Bonchev–Trinajstić information content (AvgIpc) is 2.79. The van der Waals surface area contributed by atoms with Crippen LogP contribution in [0.15, 0.2) is 4.99 Å². The van der Waals surface area contributed by atoms with Crippen LogP contribution >= 0.6 is 12.6 Å². The van der Waals surface area contributed by atoms with E-state index in [1.165, 1.54) is 0 Å². The van der Waals surface area contributed by atoms with Crippen molar-refractivity contribution in [3.8, 4) is 0 Å². The summed E-state index contributed by atoms with van der Waals surface area (Å²) in [6.07, 6.45) is -1.21. The molecule has 12 N–H and O–H groups in total. The first-order valence-corrected chi connectivity index (χ1v) is 11.4. The third kappa shape index (κ3) is 14.0. The number of thiol groups is 1. The van der Waals surface area contributed by atoms with E-state index >= 15 is 0 Å². The van der Waals surface area contributed by atoms with E-state index in [-0.39, 0.29) is 50.4 Å². The van der Waals surface area contributed by atoms with Gasteiger partial charge in [0.05, 0.1) is 6.04 Å².